The van der Waals surface area contributed by atoms with E-state index in [9.17, 15) is 18.0 Å². The quantitative estimate of drug-likeness (QED) is 0.578. The zero-order valence-corrected chi connectivity index (χ0v) is 17.8. The topological polar surface area (TPSA) is 97.8 Å². The molecule has 11 heteroatoms. The Morgan fingerprint density at radius 1 is 1.31 bits per heavy atom. The lowest BCUT2D eigenvalue weighted by Crippen LogP contribution is -2.26. The summed E-state index contributed by atoms with van der Waals surface area (Å²) < 4.78 is 46.7. The summed E-state index contributed by atoms with van der Waals surface area (Å²) in [7, 11) is 0. The van der Waals surface area contributed by atoms with Crippen molar-refractivity contribution in [2.24, 2.45) is 0 Å². The Kier molecular flexibility index (Phi) is 5.35. The number of anilines is 2. The number of nitrogens with one attached hydrogen (secondary N) is 1. The predicted octanol–water partition coefficient (Wildman–Crippen LogP) is 4.28. The third-order valence-corrected chi connectivity index (χ3v) is 5.42. The Labute approximate surface area is 182 Å². The minimum atomic E-state index is -4.50. The van der Waals surface area contributed by atoms with Gasteiger partial charge in [0.15, 0.2) is 5.65 Å². The van der Waals surface area contributed by atoms with Crippen LogP contribution in [-0.4, -0.2) is 32.0 Å². The van der Waals surface area contributed by atoms with Crippen molar-refractivity contribution < 1.29 is 22.7 Å². The minimum absolute atomic E-state index is 0.0250. The number of benzene rings is 1. The molecule has 0 fully saturated rings. The van der Waals surface area contributed by atoms with Gasteiger partial charge < -0.3 is 15.8 Å². The Morgan fingerprint density at radius 3 is 2.75 bits per heavy atom. The second kappa shape index (κ2) is 7.88. The van der Waals surface area contributed by atoms with Gasteiger partial charge in [0.1, 0.15) is 11.6 Å². The highest BCUT2D eigenvalue weighted by Crippen LogP contribution is 2.35. The zero-order valence-electron chi connectivity index (χ0n) is 17.8. The summed E-state index contributed by atoms with van der Waals surface area (Å²) in [5, 5.41) is 3.20. The van der Waals surface area contributed by atoms with Crippen molar-refractivity contribution >= 4 is 23.2 Å². The number of amides is 1. The highest BCUT2D eigenvalue weighted by Gasteiger charge is 2.33. The first-order valence-electron chi connectivity index (χ1n) is 10.1. The molecule has 8 nitrogen and oxygen atoms in total. The maximum atomic E-state index is 13.2. The normalized spacial score (nSPS) is 14.5. The second-order valence-corrected chi connectivity index (χ2v) is 7.69. The monoisotopic (exact) mass is 448 g/mol. The number of nitrogens with two attached hydrogens (primary N) is 1. The minimum Gasteiger partial charge on any atom is -0.450 e. The van der Waals surface area contributed by atoms with E-state index in [1.807, 2.05) is 11.3 Å². The highest BCUT2D eigenvalue weighted by atomic mass is 19.4. The number of carbonyl (C=O) groups is 1. The number of rotatable bonds is 4. The molecule has 0 saturated heterocycles. The van der Waals surface area contributed by atoms with Gasteiger partial charge in [-0.3, -0.25) is 9.30 Å². The Balaban J connectivity index is 1.72. The number of halogens is 3. The molecule has 32 heavy (non-hydrogen) atoms. The molecule has 0 saturated carbocycles. The van der Waals surface area contributed by atoms with Crippen LogP contribution in [0.15, 0.2) is 24.4 Å². The number of carbonyl (C=O) groups excluding carboxylic acids is 1. The van der Waals surface area contributed by atoms with E-state index in [1.54, 1.807) is 24.9 Å². The lowest BCUT2D eigenvalue weighted by Gasteiger charge is -2.20. The van der Waals surface area contributed by atoms with E-state index in [0.717, 1.165) is 29.2 Å². The fraction of sp³-hybridized carbons (Fsp3) is 0.381. The molecule has 3 heterocycles. The van der Waals surface area contributed by atoms with Crippen LogP contribution in [0.2, 0.25) is 0 Å². The first kappa shape index (κ1) is 21.7. The summed E-state index contributed by atoms with van der Waals surface area (Å²) in [6.07, 6.45) is -3.34. The zero-order chi connectivity index (χ0) is 23.2. The molecule has 1 aromatic carbocycles. The fourth-order valence-corrected chi connectivity index (χ4v) is 3.90. The predicted molar refractivity (Wildman–Crippen MR) is 112 cm³/mol. The number of nitrogen functional groups attached to an aromatic ring is 1. The Bertz CT molecular complexity index is 1190. The molecular formula is C21H23F3N6O2. The maximum Gasteiger partial charge on any atom is 0.416 e. The van der Waals surface area contributed by atoms with Crippen molar-refractivity contribution in [1.29, 1.82) is 0 Å². The second-order valence-electron chi connectivity index (χ2n) is 7.69. The molecule has 1 atom stereocenters. The summed E-state index contributed by atoms with van der Waals surface area (Å²) >= 11 is 0. The molecule has 0 radical (unpaired) electrons. The van der Waals surface area contributed by atoms with E-state index in [2.05, 4.69) is 15.3 Å². The van der Waals surface area contributed by atoms with Gasteiger partial charge in [0.05, 0.1) is 43.2 Å². The van der Waals surface area contributed by atoms with E-state index in [1.165, 1.54) is 6.07 Å². The molecule has 0 bridgehead atoms. The highest BCUT2D eigenvalue weighted by molar-refractivity contribution is 5.70. The lowest BCUT2D eigenvalue weighted by atomic mass is 10.0. The van der Waals surface area contributed by atoms with E-state index in [4.69, 9.17) is 10.5 Å². The molecule has 3 N–H and O–H groups in total. The van der Waals surface area contributed by atoms with Crippen molar-refractivity contribution in [3.63, 3.8) is 0 Å². The average Bonchev–Trinajstić information content (AvgIpc) is 3.31. The average molecular weight is 448 g/mol. The van der Waals surface area contributed by atoms with Crippen LogP contribution in [0.25, 0.3) is 5.65 Å². The molecule has 0 spiro atoms. The van der Waals surface area contributed by atoms with Crippen LogP contribution in [-0.2, 0) is 24.0 Å². The summed E-state index contributed by atoms with van der Waals surface area (Å²) in [6, 6.07) is 2.95. The van der Waals surface area contributed by atoms with Gasteiger partial charge in [-0.1, -0.05) is 0 Å². The third kappa shape index (κ3) is 3.90. The number of nitrogens with zero attached hydrogens (tertiary/aromatic N) is 4. The van der Waals surface area contributed by atoms with Crippen molar-refractivity contribution in [2.75, 3.05) is 17.7 Å². The first-order valence-corrected chi connectivity index (χ1v) is 10.1. The van der Waals surface area contributed by atoms with Crippen LogP contribution in [0, 0.1) is 6.92 Å². The van der Waals surface area contributed by atoms with Crippen molar-refractivity contribution in [2.45, 2.75) is 46.1 Å². The molecule has 2 aromatic heterocycles. The van der Waals surface area contributed by atoms with Crippen LogP contribution >= 0.6 is 0 Å². The summed E-state index contributed by atoms with van der Waals surface area (Å²) in [6.45, 7) is 6.12. The van der Waals surface area contributed by atoms with E-state index >= 15 is 0 Å². The van der Waals surface area contributed by atoms with Crippen LogP contribution in [0.5, 0.6) is 0 Å². The number of aryl methyl sites for hydroxylation is 1. The van der Waals surface area contributed by atoms with Gasteiger partial charge in [-0.25, -0.2) is 14.8 Å². The van der Waals surface area contributed by atoms with Gasteiger partial charge in [0.2, 0.25) is 0 Å². The number of imidazole rings is 1. The summed E-state index contributed by atoms with van der Waals surface area (Å²) in [4.78, 5) is 22.8. The Morgan fingerprint density at radius 2 is 2.06 bits per heavy atom. The number of aromatic nitrogens is 3. The standard InChI is InChI=1S/C21H23F3N6O2/c1-4-32-20(31)29-9-16-17(10-29)30-12(3)26-8-18(30)28-19(16)27-11(2)13-5-14(21(22,23)24)7-15(25)6-13/h5-8,11H,4,9-10,25H2,1-3H3,(H,27,28). The van der Waals surface area contributed by atoms with Crippen LogP contribution in [0.3, 0.4) is 0 Å². The maximum absolute atomic E-state index is 13.2. The molecule has 3 aromatic rings. The largest absolute Gasteiger partial charge is 0.450 e. The number of hydrogen-bond donors (Lipinski definition) is 2. The van der Waals surface area contributed by atoms with Crippen molar-refractivity contribution in [3.8, 4) is 0 Å². The van der Waals surface area contributed by atoms with Gasteiger partial charge in [0, 0.05) is 11.3 Å². The van der Waals surface area contributed by atoms with Gasteiger partial charge in [0.25, 0.3) is 0 Å². The Hall–Kier alpha value is -3.50. The summed E-state index contributed by atoms with van der Waals surface area (Å²) in [5.74, 6) is 1.20. The molecule has 4 rings (SSSR count). The fourth-order valence-electron chi connectivity index (χ4n) is 3.90. The SMILES string of the molecule is CCOC(=O)N1Cc2c(NC(C)c3cc(N)cc(C(F)(F)F)c3)nc3cnc(C)n3c2C1. The molecular weight excluding hydrogens is 425 g/mol. The summed E-state index contributed by atoms with van der Waals surface area (Å²) in [5.41, 5.74) is 7.48. The number of hydrogen-bond acceptors (Lipinski definition) is 6. The van der Waals surface area contributed by atoms with Gasteiger partial charge in [-0.05, 0) is 44.5 Å². The van der Waals surface area contributed by atoms with E-state index < -0.39 is 23.9 Å². The number of ether oxygens (including phenoxy) is 1. The molecule has 170 valence electrons. The van der Waals surface area contributed by atoms with Crippen LogP contribution in [0.1, 0.15) is 48.1 Å². The number of alkyl halides is 3. The molecule has 0 aliphatic carbocycles. The van der Waals surface area contributed by atoms with Crippen molar-refractivity contribution in [3.05, 3.63) is 52.6 Å². The van der Waals surface area contributed by atoms with Crippen LogP contribution < -0.4 is 11.1 Å². The molecule has 1 aliphatic heterocycles. The third-order valence-electron chi connectivity index (χ3n) is 5.42. The molecule has 1 aliphatic rings. The van der Waals surface area contributed by atoms with Gasteiger partial charge in [-0.15, -0.1) is 0 Å². The smallest absolute Gasteiger partial charge is 0.416 e. The first-order chi connectivity index (χ1) is 15.1. The van der Waals surface area contributed by atoms with Crippen molar-refractivity contribution in [1.82, 2.24) is 19.3 Å². The molecule has 1 amide bonds. The molecule has 1 unspecified atom stereocenters. The van der Waals surface area contributed by atoms with Crippen LogP contribution in [0.4, 0.5) is 29.5 Å². The van der Waals surface area contributed by atoms with E-state index in [-0.39, 0.29) is 18.8 Å². The number of fused-ring (bicyclic) bond motifs is 3. The van der Waals surface area contributed by atoms with E-state index in [0.29, 0.717) is 23.6 Å². The van der Waals surface area contributed by atoms with Gasteiger partial charge >= 0.3 is 12.3 Å². The van der Waals surface area contributed by atoms with Gasteiger partial charge in [-0.2, -0.15) is 13.2 Å². The lowest BCUT2D eigenvalue weighted by molar-refractivity contribution is -0.137.